The summed E-state index contributed by atoms with van der Waals surface area (Å²) < 4.78 is 7.76. The minimum Gasteiger partial charge on any atom is -0.445 e. The molecule has 2 aromatic carbocycles. The van der Waals surface area contributed by atoms with E-state index in [4.69, 9.17) is 16.0 Å². The number of thioether (sulfide) groups is 1. The molecule has 0 atom stereocenters. The molecule has 0 fully saturated rings. The highest BCUT2D eigenvalue weighted by atomic mass is 35.5. The predicted molar refractivity (Wildman–Crippen MR) is 112 cm³/mol. The minimum absolute atomic E-state index is 0.583. The van der Waals surface area contributed by atoms with Gasteiger partial charge in [0.15, 0.2) is 11.0 Å². The Bertz CT molecular complexity index is 1100. The van der Waals surface area contributed by atoms with E-state index in [9.17, 15) is 0 Å². The molecule has 0 aliphatic heterocycles. The molecule has 2 heterocycles. The summed E-state index contributed by atoms with van der Waals surface area (Å²) in [7, 11) is 0. The molecule has 0 N–H and O–H groups in total. The van der Waals surface area contributed by atoms with Gasteiger partial charge in [-0.3, -0.25) is 4.57 Å². The summed E-state index contributed by atoms with van der Waals surface area (Å²) >= 11 is 7.60. The van der Waals surface area contributed by atoms with Gasteiger partial charge in [0.1, 0.15) is 5.76 Å². The first-order valence-electron chi connectivity index (χ1n) is 8.85. The molecule has 0 radical (unpaired) electrons. The molecule has 0 aliphatic rings. The monoisotopic (exact) mass is 410 g/mol. The maximum atomic E-state index is 6.05. The Labute approximate surface area is 172 Å². The molecule has 4 rings (SSSR count). The highest BCUT2D eigenvalue weighted by Gasteiger charge is 2.17. The Kier molecular flexibility index (Phi) is 5.24. The number of nitrogens with zero attached hydrogens (tertiary/aromatic N) is 4. The number of rotatable bonds is 5. The van der Waals surface area contributed by atoms with Crippen LogP contribution < -0.4 is 0 Å². The van der Waals surface area contributed by atoms with Gasteiger partial charge in [0.25, 0.3) is 0 Å². The van der Waals surface area contributed by atoms with Gasteiger partial charge < -0.3 is 4.42 Å². The van der Waals surface area contributed by atoms with E-state index < -0.39 is 0 Å². The fourth-order valence-electron chi connectivity index (χ4n) is 2.88. The average molecular weight is 411 g/mol. The van der Waals surface area contributed by atoms with Crippen LogP contribution in [0.25, 0.3) is 17.1 Å². The smallest absolute Gasteiger partial charge is 0.205 e. The van der Waals surface area contributed by atoms with Crippen LogP contribution in [0.1, 0.15) is 22.9 Å². The van der Waals surface area contributed by atoms with Crippen LogP contribution in [-0.2, 0) is 5.75 Å². The Morgan fingerprint density at radius 2 is 1.82 bits per heavy atom. The van der Waals surface area contributed by atoms with Gasteiger partial charge in [-0.05, 0) is 62.7 Å². The van der Waals surface area contributed by atoms with E-state index in [1.54, 1.807) is 11.8 Å². The molecule has 5 nitrogen and oxygen atoms in total. The lowest BCUT2D eigenvalue weighted by atomic mass is 10.2. The molecule has 7 heteroatoms. The summed E-state index contributed by atoms with van der Waals surface area (Å²) in [4.78, 5) is 4.46. The number of hydrogen-bond donors (Lipinski definition) is 0. The first-order chi connectivity index (χ1) is 13.5. The minimum atomic E-state index is 0.583. The van der Waals surface area contributed by atoms with Crippen LogP contribution in [-0.4, -0.2) is 19.7 Å². The van der Waals surface area contributed by atoms with Gasteiger partial charge in [0.05, 0.1) is 11.4 Å². The van der Waals surface area contributed by atoms with Gasteiger partial charge >= 0.3 is 0 Å². The fraction of sp³-hybridized carbons (Fsp3) is 0.190. The van der Waals surface area contributed by atoms with Crippen molar-refractivity contribution in [3.8, 4) is 17.1 Å². The molecule has 28 heavy (non-hydrogen) atoms. The van der Waals surface area contributed by atoms with Gasteiger partial charge in [0.2, 0.25) is 5.89 Å². The molecule has 4 aromatic rings. The number of hydrogen-bond acceptors (Lipinski definition) is 5. The van der Waals surface area contributed by atoms with Crippen LogP contribution in [0, 0.1) is 20.8 Å². The van der Waals surface area contributed by atoms with E-state index in [1.165, 1.54) is 5.56 Å². The molecule has 142 valence electrons. The lowest BCUT2D eigenvalue weighted by molar-refractivity contribution is 0.489. The van der Waals surface area contributed by atoms with Crippen LogP contribution in [0.15, 0.2) is 58.1 Å². The van der Waals surface area contributed by atoms with Crippen molar-refractivity contribution in [3.05, 3.63) is 76.5 Å². The van der Waals surface area contributed by atoms with Crippen molar-refractivity contribution in [2.45, 2.75) is 31.7 Å². The first kappa shape index (κ1) is 18.8. The fourth-order valence-corrected chi connectivity index (χ4v) is 3.80. The van der Waals surface area contributed by atoms with Crippen molar-refractivity contribution in [1.29, 1.82) is 0 Å². The number of benzene rings is 2. The average Bonchev–Trinajstić information content (AvgIpc) is 3.24. The van der Waals surface area contributed by atoms with E-state index >= 15 is 0 Å². The number of aromatic nitrogens is 4. The zero-order valence-electron chi connectivity index (χ0n) is 15.8. The third-order valence-corrected chi connectivity index (χ3v) is 5.56. The third-order valence-electron chi connectivity index (χ3n) is 4.39. The van der Waals surface area contributed by atoms with E-state index in [-0.39, 0.29) is 0 Å². The topological polar surface area (TPSA) is 56.7 Å². The molecule has 0 bridgehead atoms. The maximum Gasteiger partial charge on any atom is 0.205 e. The Hall–Kier alpha value is -2.57. The lowest BCUT2D eigenvalue weighted by Gasteiger charge is -2.11. The van der Waals surface area contributed by atoms with Crippen LogP contribution in [0.5, 0.6) is 0 Å². The molecular weight excluding hydrogens is 392 g/mol. The summed E-state index contributed by atoms with van der Waals surface area (Å²) in [5.74, 6) is 2.88. The number of halogens is 1. The Morgan fingerprint density at radius 3 is 2.50 bits per heavy atom. The Balaban J connectivity index is 1.74. The highest BCUT2D eigenvalue weighted by Crippen LogP contribution is 2.30. The highest BCUT2D eigenvalue weighted by molar-refractivity contribution is 7.98. The standard InChI is InChI=1S/C21H19ClN4OS/c1-13-5-4-6-18(11-13)26-20(16-7-9-17(22)10-8-16)24-25-21(26)28-12-19-23-14(2)15(3)27-19/h4-11H,12H2,1-3H3. The predicted octanol–water partition coefficient (Wildman–Crippen LogP) is 5.79. The van der Waals surface area contributed by atoms with Crippen molar-refractivity contribution < 1.29 is 4.42 Å². The van der Waals surface area contributed by atoms with Crippen LogP contribution in [0.3, 0.4) is 0 Å². The number of oxazole rings is 1. The van der Waals surface area contributed by atoms with Crippen molar-refractivity contribution in [2.75, 3.05) is 0 Å². The van der Waals surface area contributed by atoms with E-state index in [1.807, 2.05) is 44.2 Å². The molecule has 0 aliphatic carbocycles. The Morgan fingerprint density at radius 1 is 1.04 bits per heavy atom. The van der Waals surface area contributed by atoms with E-state index in [0.717, 1.165) is 33.7 Å². The molecule has 2 aromatic heterocycles. The SMILES string of the molecule is Cc1cccc(-n2c(SCc3nc(C)c(C)o3)nnc2-c2ccc(Cl)cc2)c1. The van der Waals surface area contributed by atoms with Crippen LogP contribution >= 0.6 is 23.4 Å². The van der Waals surface area contributed by atoms with Crippen LogP contribution in [0.4, 0.5) is 0 Å². The molecular formula is C21H19ClN4OS. The van der Waals surface area contributed by atoms with Gasteiger partial charge in [-0.15, -0.1) is 10.2 Å². The third kappa shape index (κ3) is 3.84. The van der Waals surface area contributed by atoms with Crippen molar-refractivity contribution in [1.82, 2.24) is 19.7 Å². The van der Waals surface area contributed by atoms with Crippen molar-refractivity contribution in [3.63, 3.8) is 0 Å². The van der Waals surface area contributed by atoms with E-state index in [2.05, 4.69) is 44.9 Å². The zero-order valence-corrected chi connectivity index (χ0v) is 17.4. The van der Waals surface area contributed by atoms with Crippen molar-refractivity contribution in [2.24, 2.45) is 0 Å². The normalized spacial score (nSPS) is 11.1. The first-order valence-corrected chi connectivity index (χ1v) is 10.2. The van der Waals surface area contributed by atoms with Gasteiger partial charge in [-0.2, -0.15) is 0 Å². The lowest BCUT2D eigenvalue weighted by Crippen LogP contribution is -2.00. The quantitative estimate of drug-likeness (QED) is 0.389. The zero-order chi connectivity index (χ0) is 19.7. The molecule has 0 saturated carbocycles. The summed E-state index contributed by atoms with van der Waals surface area (Å²) in [6.07, 6.45) is 0. The summed E-state index contributed by atoms with van der Waals surface area (Å²) in [5, 5.41) is 10.4. The summed E-state index contributed by atoms with van der Waals surface area (Å²) in [6.45, 7) is 5.94. The second kappa shape index (κ2) is 7.81. The van der Waals surface area contributed by atoms with E-state index in [0.29, 0.717) is 16.7 Å². The van der Waals surface area contributed by atoms with Gasteiger partial charge in [0, 0.05) is 16.3 Å². The molecule has 0 spiro atoms. The van der Waals surface area contributed by atoms with Crippen LogP contribution in [0.2, 0.25) is 5.02 Å². The van der Waals surface area contributed by atoms with Gasteiger partial charge in [-0.1, -0.05) is 35.5 Å². The molecule has 0 unspecified atom stereocenters. The van der Waals surface area contributed by atoms with Gasteiger partial charge in [-0.25, -0.2) is 4.98 Å². The second-order valence-electron chi connectivity index (χ2n) is 6.53. The molecule has 0 saturated heterocycles. The molecule has 0 amide bonds. The number of aryl methyl sites for hydroxylation is 3. The van der Waals surface area contributed by atoms with Crippen molar-refractivity contribution >= 4 is 23.4 Å². The maximum absolute atomic E-state index is 6.05. The second-order valence-corrected chi connectivity index (χ2v) is 7.90. The summed E-state index contributed by atoms with van der Waals surface area (Å²) in [6, 6.07) is 15.9. The summed E-state index contributed by atoms with van der Waals surface area (Å²) in [5.41, 5.74) is 4.05. The largest absolute Gasteiger partial charge is 0.445 e.